The van der Waals surface area contributed by atoms with Gasteiger partial charge in [0.15, 0.2) is 0 Å². The number of hydrogen-bond donors (Lipinski definition) is 1. The normalized spacial score (nSPS) is 12.2. The van der Waals surface area contributed by atoms with Gasteiger partial charge in [-0.25, -0.2) is 0 Å². The first-order valence-electron chi connectivity index (χ1n) is 6.67. The van der Waals surface area contributed by atoms with Gasteiger partial charge in [0.2, 0.25) is 0 Å². The Balaban J connectivity index is 2.64. The van der Waals surface area contributed by atoms with E-state index in [1.807, 2.05) is 43.1 Å². The summed E-state index contributed by atoms with van der Waals surface area (Å²) in [5.74, 6) is 0.411. The summed E-state index contributed by atoms with van der Waals surface area (Å²) in [5.41, 5.74) is 0.816. The van der Waals surface area contributed by atoms with Crippen molar-refractivity contribution in [1.29, 1.82) is 0 Å². The molecule has 1 N–H and O–H groups in total. The Kier molecular flexibility index (Phi) is 7.04. The van der Waals surface area contributed by atoms with Crippen LogP contribution in [-0.2, 0) is 16.0 Å². The lowest BCUT2D eigenvalue weighted by Gasteiger charge is -2.22. The van der Waals surface area contributed by atoms with Crippen LogP contribution in [0.5, 0.6) is 5.75 Å². The number of esters is 1. The number of para-hydroxylation sites is 1. The number of carbonyl (C=O) groups is 1. The van der Waals surface area contributed by atoms with Crippen LogP contribution in [0.3, 0.4) is 0 Å². The van der Waals surface area contributed by atoms with Crippen molar-refractivity contribution in [3.8, 4) is 5.75 Å². The minimum Gasteiger partial charge on any atom is -0.489 e. The number of rotatable bonds is 8. The van der Waals surface area contributed by atoms with E-state index in [2.05, 4.69) is 4.74 Å². The van der Waals surface area contributed by atoms with E-state index in [-0.39, 0.29) is 25.1 Å². The average Bonchev–Trinajstić information content (AvgIpc) is 2.40. The zero-order chi connectivity index (χ0) is 15.0. The highest BCUT2D eigenvalue weighted by Crippen LogP contribution is 2.20. The number of aliphatic hydroxyl groups excluding tert-OH is 1. The summed E-state index contributed by atoms with van der Waals surface area (Å²) in [4.78, 5) is 13.4. The molecule has 1 atom stereocenters. The van der Waals surface area contributed by atoms with Gasteiger partial charge in [0.1, 0.15) is 11.9 Å². The molecule has 1 aromatic carbocycles. The lowest BCUT2D eigenvalue weighted by Crippen LogP contribution is -2.33. The number of nitrogens with zero attached hydrogens (tertiary/aromatic N) is 1. The highest BCUT2D eigenvalue weighted by atomic mass is 16.5. The first kappa shape index (κ1) is 16.5. The molecule has 20 heavy (non-hydrogen) atoms. The van der Waals surface area contributed by atoms with Crippen molar-refractivity contribution < 1.29 is 19.4 Å². The zero-order valence-electron chi connectivity index (χ0n) is 12.3. The van der Waals surface area contributed by atoms with Crippen LogP contribution in [0.25, 0.3) is 0 Å². The molecule has 0 radical (unpaired) electrons. The molecule has 0 bridgehead atoms. The smallest absolute Gasteiger partial charge is 0.310 e. The van der Waals surface area contributed by atoms with Crippen LogP contribution in [0.1, 0.15) is 12.5 Å². The maximum Gasteiger partial charge on any atom is 0.310 e. The molecule has 1 aromatic rings. The number of aliphatic hydroxyl groups is 1. The van der Waals surface area contributed by atoms with Crippen molar-refractivity contribution in [2.75, 3.05) is 33.9 Å². The van der Waals surface area contributed by atoms with E-state index in [4.69, 9.17) is 9.84 Å². The predicted octanol–water partition coefficient (Wildman–Crippen LogP) is 1.09. The quantitative estimate of drug-likeness (QED) is 0.723. The van der Waals surface area contributed by atoms with Crippen molar-refractivity contribution >= 4 is 5.97 Å². The average molecular weight is 281 g/mol. The van der Waals surface area contributed by atoms with Crippen LogP contribution in [-0.4, -0.2) is 55.9 Å². The van der Waals surface area contributed by atoms with Gasteiger partial charge < -0.3 is 19.5 Å². The predicted molar refractivity (Wildman–Crippen MR) is 76.8 cm³/mol. The molecule has 112 valence electrons. The molecule has 0 amide bonds. The fourth-order valence-electron chi connectivity index (χ4n) is 1.95. The molecule has 5 heteroatoms. The monoisotopic (exact) mass is 281 g/mol. The second-order valence-corrected chi connectivity index (χ2v) is 4.77. The van der Waals surface area contributed by atoms with Gasteiger partial charge in [0.05, 0.1) is 20.1 Å². The third kappa shape index (κ3) is 5.59. The second-order valence-electron chi connectivity index (χ2n) is 4.77. The molecule has 1 unspecified atom stereocenters. The topological polar surface area (TPSA) is 59.0 Å². The zero-order valence-corrected chi connectivity index (χ0v) is 12.3. The first-order valence-corrected chi connectivity index (χ1v) is 6.67. The van der Waals surface area contributed by atoms with Crippen molar-refractivity contribution in [1.82, 2.24) is 4.90 Å². The molecule has 0 aromatic heterocycles. The molecule has 0 aliphatic carbocycles. The molecule has 0 aliphatic heterocycles. The van der Waals surface area contributed by atoms with E-state index in [0.29, 0.717) is 18.8 Å². The minimum atomic E-state index is -0.286. The molecule has 1 rings (SSSR count). The molecule has 0 spiro atoms. The standard InChI is InChI=1S/C15H23NO4/c1-12(11-16(2)8-9-17)20-14-7-5-4-6-13(14)10-15(18)19-3/h4-7,12,17H,8-11H2,1-3H3. The number of likely N-dealkylation sites (N-methyl/N-ethyl adjacent to an activating group) is 1. The molecule has 5 nitrogen and oxygen atoms in total. The van der Waals surface area contributed by atoms with E-state index >= 15 is 0 Å². The van der Waals surface area contributed by atoms with Crippen LogP contribution in [0.15, 0.2) is 24.3 Å². The molecular formula is C15H23NO4. The van der Waals surface area contributed by atoms with Crippen LogP contribution in [0, 0.1) is 0 Å². The molecule has 0 fully saturated rings. The van der Waals surface area contributed by atoms with E-state index in [1.165, 1.54) is 7.11 Å². The van der Waals surface area contributed by atoms with Crippen molar-refractivity contribution in [3.05, 3.63) is 29.8 Å². The van der Waals surface area contributed by atoms with E-state index in [0.717, 1.165) is 5.56 Å². The Morgan fingerprint density at radius 1 is 1.40 bits per heavy atom. The minimum absolute atomic E-state index is 0.0367. The lowest BCUT2D eigenvalue weighted by atomic mass is 10.1. The highest BCUT2D eigenvalue weighted by molar-refractivity contribution is 5.73. The van der Waals surface area contributed by atoms with Crippen LogP contribution in [0.2, 0.25) is 0 Å². The summed E-state index contributed by atoms with van der Waals surface area (Å²) in [5, 5.41) is 8.88. The van der Waals surface area contributed by atoms with Gasteiger partial charge in [-0.05, 0) is 20.0 Å². The summed E-state index contributed by atoms with van der Waals surface area (Å²) >= 11 is 0. The number of carbonyl (C=O) groups excluding carboxylic acids is 1. The van der Waals surface area contributed by atoms with Crippen molar-refractivity contribution in [2.24, 2.45) is 0 Å². The van der Waals surface area contributed by atoms with Gasteiger partial charge in [-0.2, -0.15) is 0 Å². The van der Waals surface area contributed by atoms with Gasteiger partial charge in [0.25, 0.3) is 0 Å². The summed E-state index contributed by atoms with van der Waals surface area (Å²) in [7, 11) is 3.30. The largest absolute Gasteiger partial charge is 0.489 e. The van der Waals surface area contributed by atoms with Gasteiger partial charge in [-0.3, -0.25) is 4.79 Å². The Morgan fingerprint density at radius 2 is 2.10 bits per heavy atom. The van der Waals surface area contributed by atoms with E-state index < -0.39 is 0 Å². The van der Waals surface area contributed by atoms with Gasteiger partial charge in [-0.15, -0.1) is 0 Å². The fourth-order valence-corrected chi connectivity index (χ4v) is 1.95. The lowest BCUT2D eigenvalue weighted by molar-refractivity contribution is -0.139. The number of hydrogen-bond acceptors (Lipinski definition) is 5. The maximum atomic E-state index is 11.4. The number of ether oxygens (including phenoxy) is 2. The third-order valence-corrected chi connectivity index (χ3v) is 2.91. The highest BCUT2D eigenvalue weighted by Gasteiger charge is 2.12. The summed E-state index contributed by atoms with van der Waals surface area (Å²) in [6.45, 7) is 3.40. The van der Waals surface area contributed by atoms with E-state index in [1.54, 1.807) is 0 Å². The van der Waals surface area contributed by atoms with Crippen LogP contribution in [0.4, 0.5) is 0 Å². The summed E-state index contributed by atoms with van der Waals surface area (Å²) < 4.78 is 10.6. The van der Waals surface area contributed by atoms with Crippen LogP contribution < -0.4 is 4.74 Å². The SMILES string of the molecule is COC(=O)Cc1ccccc1OC(C)CN(C)CCO. The molecule has 0 aliphatic rings. The Morgan fingerprint density at radius 3 is 2.75 bits per heavy atom. The maximum absolute atomic E-state index is 11.4. The molecular weight excluding hydrogens is 258 g/mol. The van der Waals surface area contributed by atoms with Crippen molar-refractivity contribution in [3.63, 3.8) is 0 Å². The van der Waals surface area contributed by atoms with E-state index in [9.17, 15) is 4.79 Å². The summed E-state index contributed by atoms with van der Waals surface area (Å²) in [6.07, 6.45) is 0.164. The fraction of sp³-hybridized carbons (Fsp3) is 0.533. The second kappa shape index (κ2) is 8.55. The van der Waals surface area contributed by atoms with Gasteiger partial charge in [-0.1, -0.05) is 18.2 Å². The van der Waals surface area contributed by atoms with Crippen molar-refractivity contribution in [2.45, 2.75) is 19.4 Å². The summed E-state index contributed by atoms with van der Waals surface area (Å²) in [6, 6.07) is 7.45. The third-order valence-electron chi connectivity index (χ3n) is 2.91. The number of methoxy groups -OCH3 is 1. The molecule has 0 saturated heterocycles. The Labute approximate surface area is 120 Å². The van der Waals surface area contributed by atoms with Crippen LogP contribution >= 0.6 is 0 Å². The number of benzene rings is 1. The molecule has 0 saturated carbocycles. The molecule has 0 heterocycles. The van der Waals surface area contributed by atoms with Gasteiger partial charge in [0, 0.05) is 18.7 Å². The Hall–Kier alpha value is -1.59. The Bertz CT molecular complexity index is 422. The first-order chi connectivity index (χ1) is 9.56. The van der Waals surface area contributed by atoms with Gasteiger partial charge >= 0.3 is 5.97 Å².